The van der Waals surface area contributed by atoms with E-state index in [9.17, 15) is 0 Å². The highest BCUT2D eigenvalue weighted by Crippen LogP contribution is 2.37. The number of hydrogen-bond donors (Lipinski definition) is 1. The molecule has 3 fully saturated rings. The molecule has 0 aromatic rings. The average Bonchev–Trinajstić information content (AvgIpc) is 3.09. The van der Waals surface area contributed by atoms with E-state index in [2.05, 4.69) is 17.3 Å². The highest BCUT2D eigenvalue weighted by Gasteiger charge is 2.36. The monoisotopic (exact) mass is 250 g/mol. The molecule has 3 unspecified atom stereocenters. The first-order valence-electron chi connectivity index (χ1n) is 8.30. The zero-order chi connectivity index (χ0) is 12.4. The van der Waals surface area contributed by atoms with Crippen LogP contribution in [0.1, 0.15) is 57.8 Å². The number of nitrogens with one attached hydrogen (secondary N) is 1. The molecule has 1 saturated heterocycles. The van der Waals surface area contributed by atoms with E-state index in [0.29, 0.717) is 0 Å². The second kappa shape index (κ2) is 5.92. The zero-order valence-corrected chi connectivity index (χ0v) is 12.0. The van der Waals surface area contributed by atoms with Crippen molar-refractivity contribution in [3.05, 3.63) is 0 Å². The van der Waals surface area contributed by atoms with Crippen molar-refractivity contribution in [1.29, 1.82) is 0 Å². The Labute approximate surface area is 113 Å². The fourth-order valence-electron chi connectivity index (χ4n) is 4.89. The molecule has 3 atom stereocenters. The summed E-state index contributed by atoms with van der Waals surface area (Å²) in [5, 5.41) is 3.55. The maximum Gasteiger partial charge on any atom is 0.0124 e. The van der Waals surface area contributed by atoms with E-state index in [1.54, 1.807) is 0 Å². The highest BCUT2D eigenvalue weighted by atomic mass is 15.2. The molecule has 3 rings (SSSR count). The summed E-state index contributed by atoms with van der Waals surface area (Å²) in [7, 11) is 2.15. The van der Waals surface area contributed by atoms with Crippen LogP contribution in [0.2, 0.25) is 0 Å². The van der Waals surface area contributed by atoms with Gasteiger partial charge in [-0.2, -0.15) is 0 Å². The van der Waals surface area contributed by atoms with Gasteiger partial charge in [0.1, 0.15) is 0 Å². The van der Waals surface area contributed by atoms with E-state index in [1.807, 2.05) is 0 Å². The van der Waals surface area contributed by atoms with Crippen molar-refractivity contribution in [3.63, 3.8) is 0 Å². The van der Waals surface area contributed by atoms with Crippen molar-refractivity contribution in [2.24, 2.45) is 11.8 Å². The largest absolute Gasteiger partial charge is 0.317 e. The standard InChI is InChI=1S/C16H30N2/c1-17-15-9-4-8-14(15)12-18-11-5-10-16(18)13-6-2-3-7-13/h13-17H,2-12H2,1H3. The Morgan fingerprint density at radius 1 is 0.944 bits per heavy atom. The molecule has 0 radical (unpaired) electrons. The zero-order valence-electron chi connectivity index (χ0n) is 12.0. The lowest BCUT2D eigenvalue weighted by Gasteiger charge is -2.33. The molecule has 2 saturated carbocycles. The van der Waals surface area contributed by atoms with Gasteiger partial charge >= 0.3 is 0 Å². The van der Waals surface area contributed by atoms with Crippen LogP contribution in [0, 0.1) is 11.8 Å². The molecule has 0 amide bonds. The predicted molar refractivity (Wildman–Crippen MR) is 76.7 cm³/mol. The number of hydrogen-bond acceptors (Lipinski definition) is 2. The Morgan fingerprint density at radius 3 is 2.56 bits per heavy atom. The third-order valence-corrected chi connectivity index (χ3v) is 5.86. The third-order valence-electron chi connectivity index (χ3n) is 5.86. The maximum atomic E-state index is 3.55. The van der Waals surface area contributed by atoms with E-state index < -0.39 is 0 Å². The normalized spacial score (nSPS) is 38.8. The van der Waals surface area contributed by atoms with Crippen molar-refractivity contribution in [2.75, 3.05) is 20.1 Å². The van der Waals surface area contributed by atoms with Crippen LogP contribution in [-0.4, -0.2) is 37.1 Å². The van der Waals surface area contributed by atoms with Gasteiger partial charge in [0.05, 0.1) is 0 Å². The predicted octanol–water partition coefficient (Wildman–Crippen LogP) is 3.03. The van der Waals surface area contributed by atoms with Crippen LogP contribution in [0.25, 0.3) is 0 Å². The van der Waals surface area contributed by atoms with E-state index in [4.69, 9.17) is 0 Å². The molecule has 18 heavy (non-hydrogen) atoms. The average molecular weight is 250 g/mol. The van der Waals surface area contributed by atoms with Crippen LogP contribution in [-0.2, 0) is 0 Å². The van der Waals surface area contributed by atoms with E-state index >= 15 is 0 Å². The van der Waals surface area contributed by atoms with Crippen molar-refractivity contribution >= 4 is 0 Å². The maximum absolute atomic E-state index is 3.55. The van der Waals surface area contributed by atoms with Gasteiger partial charge in [-0.3, -0.25) is 4.90 Å². The fraction of sp³-hybridized carbons (Fsp3) is 1.00. The molecule has 1 N–H and O–H groups in total. The smallest absolute Gasteiger partial charge is 0.0124 e. The van der Waals surface area contributed by atoms with Crippen molar-refractivity contribution in [1.82, 2.24) is 10.2 Å². The van der Waals surface area contributed by atoms with Gasteiger partial charge in [0.2, 0.25) is 0 Å². The van der Waals surface area contributed by atoms with Crippen LogP contribution in [0.3, 0.4) is 0 Å². The molecule has 1 aliphatic heterocycles. The Kier molecular flexibility index (Phi) is 4.25. The van der Waals surface area contributed by atoms with Crippen LogP contribution in [0.15, 0.2) is 0 Å². The van der Waals surface area contributed by atoms with Crippen molar-refractivity contribution in [2.45, 2.75) is 69.9 Å². The number of likely N-dealkylation sites (tertiary alicyclic amines) is 1. The summed E-state index contributed by atoms with van der Waals surface area (Å²) in [6.45, 7) is 2.76. The number of rotatable bonds is 4. The minimum absolute atomic E-state index is 0.801. The second-order valence-electron chi connectivity index (χ2n) is 6.84. The summed E-state index contributed by atoms with van der Waals surface area (Å²) in [6.07, 6.45) is 13.3. The minimum atomic E-state index is 0.801. The molecule has 3 aliphatic rings. The van der Waals surface area contributed by atoms with Gasteiger partial charge in [0.15, 0.2) is 0 Å². The topological polar surface area (TPSA) is 15.3 Å². The lowest BCUT2D eigenvalue weighted by Crippen LogP contribution is -2.42. The van der Waals surface area contributed by atoms with Gasteiger partial charge in [-0.25, -0.2) is 0 Å². The molecule has 2 heteroatoms. The first-order valence-corrected chi connectivity index (χ1v) is 8.30. The van der Waals surface area contributed by atoms with Crippen LogP contribution in [0.5, 0.6) is 0 Å². The summed E-state index contributed by atoms with van der Waals surface area (Å²) >= 11 is 0. The molecule has 104 valence electrons. The molecule has 0 aromatic carbocycles. The van der Waals surface area contributed by atoms with Crippen molar-refractivity contribution in [3.8, 4) is 0 Å². The van der Waals surface area contributed by atoms with Gasteiger partial charge in [0.25, 0.3) is 0 Å². The molecular formula is C16H30N2. The SMILES string of the molecule is CNC1CCCC1CN1CCCC1C1CCCC1. The lowest BCUT2D eigenvalue weighted by atomic mass is 9.94. The molecule has 2 nitrogen and oxygen atoms in total. The van der Waals surface area contributed by atoms with Crippen LogP contribution < -0.4 is 5.32 Å². The number of nitrogens with zero attached hydrogens (tertiary/aromatic N) is 1. The molecule has 1 heterocycles. The molecular weight excluding hydrogens is 220 g/mol. The molecule has 0 aromatic heterocycles. The Balaban J connectivity index is 1.57. The van der Waals surface area contributed by atoms with Crippen LogP contribution >= 0.6 is 0 Å². The molecule has 0 spiro atoms. The third kappa shape index (κ3) is 2.60. The highest BCUT2D eigenvalue weighted by molar-refractivity contribution is 4.91. The Hall–Kier alpha value is -0.0800. The Bertz CT molecular complexity index is 260. The summed E-state index contributed by atoms with van der Waals surface area (Å²) in [5.74, 6) is 1.97. The summed E-state index contributed by atoms with van der Waals surface area (Å²) in [5.41, 5.74) is 0. The van der Waals surface area contributed by atoms with Gasteiger partial charge in [-0.1, -0.05) is 19.3 Å². The summed E-state index contributed by atoms with van der Waals surface area (Å²) in [4.78, 5) is 2.87. The first-order chi connectivity index (χ1) is 8.88. The van der Waals surface area contributed by atoms with Crippen LogP contribution in [0.4, 0.5) is 0 Å². The molecule has 0 bridgehead atoms. The first kappa shape index (κ1) is 12.9. The van der Waals surface area contributed by atoms with Gasteiger partial charge in [0, 0.05) is 18.6 Å². The molecule has 2 aliphatic carbocycles. The van der Waals surface area contributed by atoms with Gasteiger partial charge in [-0.15, -0.1) is 0 Å². The summed E-state index contributed by atoms with van der Waals surface area (Å²) < 4.78 is 0. The lowest BCUT2D eigenvalue weighted by molar-refractivity contribution is 0.157. The van der Waals surface area contributed by atoms with Gasteiger partial charge < -0.3 is 5.32 Å². The Morgan fingerprint density at radius 2 is 1.78 bits per heavy atom. The van der Waals surface area contributed by atoms with Crippen molar-refractivity contribution < 1.29 is 0 Å². The minimum Gasteiger partial charge on any atom is -0.317 e. The fourth-order valence-corrected chi connectivity index (χ4v) is 4.89. The van der Waals surface area contributed by atoms with E-state index in [1.165, 1.54) is 70.9 Å². The summed E-state index contributed by atoms with van der Waals surface area (Å²) in [6, 6.07) is 1.75. The quantitative estimate of drug-likeness (QED) is 0.825. The van der Waals surface area contributed by atoms with Gasteiger partial charge in [-0.05, 0) is 64.0 Å². The second-order valence-corrected chi connectivity index (χ2v) is 6.84. The van der Waals surface area contributed by atoms with E-state index in [-0.39, 0.29) is 0 Å². The van der Waals surface area contributed by atoms with E-state index in [0.717, 1.165) is 23.9 Å².